The molecule has 0 amide bonds. The molecular weight excluding hydrogens is 506 g/mol. The predicted molar refractivity (Wildman–Crippen MR) is 147 cm³/mol. The minimum absolute atomic E-state index is 0.228. The van der Waals surface area contributed by atoms with Gasteiger partial charge in [-0.25, -0.2) is 26.1 Å². The van der Waals surface area contributed by atoms with Crippen LogP contribution in [-0.4, -0.2) is 45.3 Å². The Morgan fingerprint density at radius 1 is 0.892 bits per heavy atom. The molecular formula is C28H35N3O4S2. The lowest BCUT2D eigenvalue weighted by atomic mass is 10.1. The van der Waals surface area contributed by atoms with Gasteiger partial charge in [0.05, 0.1) is 9.79 Å². The third-order valence-electron chi connectivity index (χ3n) is 6.95. The molecule has 0 bridgehead atoms. The van der Waals surface area contributed by atoms with Crippen LogP contribution >= 0.6 is 0 Å². The molecule has 2 heterocycles. The summed E-state index contributed by atoms with van der Waals surface area (Å²) in [5.74, 6) is 0.357. The van der Waals surface area contributed by atoms with Crippen molar-refractivity contribution in [2.24, 2.45) is 0 Å². The lowest BCUT2D eigenvalue weighted by Crippen LogP contribution is -2.49. The smallest absolute Gasteiger partial charge is 0.247 e. The molecule has 4 rings (SSSR count). The normalized spacial score (nSPS) is 15.6. The van der Waals surface area contributed by atoms with Crippen LogP contribution in [0.15, 0.2) is 64.4 Å². The third kappa shape index (κ3) is 5.44. The summed E-state index contributed by atoms with van der Waals surface area (Å²) in [6, 6.07) is 15.6. The van der Waals surface area contributed by atoms with Crippen LogP contribution in [0.5, 0.6) is 0 Å². The molecule has 0 unspecified atom stereocenters. The Morgan fingerprint density at radius 3 is 2.03 bits per heavy atom. The third-order valence-corrected chi connectivity index (χ3v) is 11.0. The Balaban J connectivity index is 1.68. The molecule has 0 radical (unpaired) electrons. The molecule has 1 saturated heterocycles. The van der Waals surface area contributed by atoms with E-state index in [0.29, 0.717) is 35.5 Å². The first kappa shape index (κ1) is 27.3. The summed E-state index contributed by atoms with van der Waals surface area (Å²) in [4.78, 5) is 5.11. The summed E-state index contributed by atoms with van der Waals surface area (Å²) >= 11 is 0. The lowest BCUT2D eigenvalue weighted by Gasteiger charge is -2.38. The molecule has 0 saturated carbocycles. The maximum absolute atomic E-state index is 14.2. The van der Waals surface area contributed by atoms with Crippen LogP contribution < -0.4 is 4.31 Å². The van der Waals surface area contributed by atoms with E-state index < -0.39 is 26.1 Å². The number of anilines is 1. The minimum atomic E-state index is -3.96. The fourth-order valence-corrected chi connectivity index (χ4v) is 8.74. The number of sulfonamides is 2. The van der Waals surface area contributed by atoms with Crippen LogP contribution in [0.25, 0.3) is 0 Å². The molecule has 37 heavy (non-hydrogen) atoms. The number of aromatic nitrogens is 1. The van der Waals surface area contributed by atoms with E-state index in [0.717, 1.165) is 17.5 Å². The van der Waals surface area contributed by atoms with Gasteiger partial charge in [-0.3, -0.25) is 0 Å². The van der Waals surface area contributed by atoms with Crippen LogP contribution in [0.1, 0.15) is 47.7 Å². The number of rotatable bonds is 7. The number of benzene rings is 2. The van der Waals surface area contributed by atoms with Gasteiger partial charge in [-0.2, -0.15) is 4.31 Å². The second-order valence-electron chi connectivity index (χ2n) is 9.80. The van der Waals surface area contributed by atoms with Crippen molar-refractivity contribution in [1.82, 2.24) is 9.29 Å². The highest BCUT2D eigenvalue weighted by atomic mass is 32.2. The standard InChI is InChI=1S/C28H35N3O4S2/c1-6-24-10-12-26(13-11-24)36(32,33)30-16-14-25(15-17-30)31(27-9-7-8-23(5)29-27)37(34,35)28-21(3)18-20(2)19-22(28)4/h7-13,18-19,25H,6,14-17H2,1-5H3. The van der Waals surface area contributed by atoms with Crippen molar-refractivity contribution < 1.29 is 16.8 Å². The van der Waals surface area contributed by atoms with Gasteiger partial charge < -0.3 is 0 Å². The van der Waals surface area contributed by atoms with Crippen molar-refractivity contribution in [2.75, 3.05) is 17.4 Å². The van der Waals surface area contributed by atoms with E-state index in [4.69, 9.17) is 0 Å². The van der Waals surface area contributed by atoms with Crippen molar-refractivity contribution in [3.8, 4) is 0 Å². The molecule has 1 aromatic heterocycles. The van der Waals surface area contributed by atoms with Gasteiger partial charge in [0.15, 0.2) is 0 Å². The Hall–Kier alpha value is -2.75. The second-order valence-corrected chi connectivity index (χ2v) is 13.5. The molecule has 0 N–H and O–H groups in total. The molecule has 1 aliphatic rings. The number of pyridine rings is 1. The van der Waals surface area contributed by atoms with E-state index >= 15 is 0 Å². The quantitative estimate of drug-likeness (QED) is 0.423. The molecule has 3 aromatic rings. The Morgan fingerprint density at radius 2 is 1.49 bits per heavy atom. The maximum Gasteiger partial charge on any atom is 0.266 e. The Kier molecular flexibility index (Phi) is 7.78. The van der Waals surface area contributed by atoms with Gasteiger partial charge in [0.2, 0.25) is 10.0 Å². The van der Waals surface area contributed by atoms with E-state index in [2.05, 4.69) is 4.98 Å². The highest BCUT2D eigenvalue weighted by Gasteiger charge is 2.39. The van der Waals surface area contributed by atoms with Crippen molar-refractivity contribution in [1.29, 1.82) is 0 Å². The lowest BCUT2D eigenvalue weighted by molar-refractivity contribution is 0.320. The zero-order chi connectivity index (χ0) is 27.0. The monoisotopic (exact) mass is 541 g/mol. The van der Waals surface area contributed by atoms with E-state index in [9.17, 15) is 16.8 Å². The van der Waals surface area contributed by atoms with Crippen LogP contribution in [0, 0.1) is 27.7 Å². The van der Waals surface area contributed by atoms with E-state index in [-0.39, 0.29) is 22.9 Å². The van der Waals surface area contributed by atoms with Gasteiger partial charge in [-0.05, 0) is 87.9 Å². The van der Waals surface area contributed by atoms with Gasteiger partial charge in [0, 0.05) is 24.8 Å². The highest BCUT2D eigenvalue weighted by Crippen LogP contribution is 2.34. The number of aryl methyl sites for hydroxylation is 5. The fraction of sp³-hybridized carbons (Fsp3) is 0.393. The fourth-order valence-electron chi connectivity index (χ4n) is 5.19. The van der Waals surface area contributed by atoms with Gasteiger partial charge >= 0.3 is 0 Å². The maximum atomic E-state index is 14.2. The number of hydrogen-bond donors (Lipinski definition) is 0. The van der Waals surface area contributed by atoms with Crippen molar-refractivity contribution in [3.05, 3.63) is 82.5 Å². The van der Waals surface area contributed by atoms with Gasteiger partial charge in [0.1, 0.15) is 5.82 Å². The SMILES string of the molecule is CCc1ccc(S(=O)(=O)N2CCC(N(c3cccc(C)n3)S(=O)(=O)c3c(C)cc(C)cc3C)CC2)cc1. The summed E-state index contributed by atoms with van der Waals surface area (Å²) < 4.78 is 57.9. The minimum Gasteiger partial charge on any atom is -0.247 e. The largest absolute Gasteiger partial charge is 0.266 e. The molecule has 0 aliphatic carbocycles. The van der Waals surface area contributed by atoms with Gasteiger partial charge in [0.25, 0.3) is 10.0 Å². The van der Waals surface area contributed by atoms with Crippen LogP contribution in [0.3, 0.4) is 0 Å². The zero-order valence-electron chi connectivity index (χ0n) is 22.1. The first-order valence-electron chi connectivity index (χ1n) is 12.6. The van der Waals surface area contributed by atoms with E-state index in [1.54, 1.807) is 24.3 Å². The van der Waals surface area contributed by atoms with E-state index in [1.165, 1.54) is 8.61 Å². The van der Waals surface area contributed by atoms with Crippen LogP contribution in [-0.2, 0) is 26.5 Å². The Labute approximate surface area is 221 Å². The van der Waals surface area contributed by atoms with E-state index in [1.807, 2.05) is 65.0 Å². The molecule has 1 fully saturated rings. The average Bonchev–Trinajstić information content (AvgIpc) is 2.83. The van der Waals surface area contributed by atoms with Crippen LogP contribution in [0.2, 0.25) is 0 Å². The topological polar surface area (TPSA) is 87.7 Å². The second kappa shape index (κ2) is 10.6. The van der Waals surface area contributed by atoms with Gasteiger partial charge in [-0.1, -0.05) is 42.8 Å². The summed E-state index contributed by atoms with van der Waals surface area (Å²) in [5, 5.41) is 0. The summed E-state index contributed by atoms with van der Waals surface area (Å²) in [7, 11) is -7.62. The molecule has 2 aromatic carbocycles. The molecule has 1 aliphatic heterocycles. The molecule has 0 atom stereocenters. The molecule has 7 nitrogen and oxygen atoms in total. The molecule has 0 spiro atoms. The number of hydrogen-bond acceptors (Lipinski definition) is 5. The molecule has 198 valence electrons. The van der Waals surface area contributed by atoms with Crippen molar-refractivity contribution in [3.63, 3.8) is 0 Å². The van der Waals surface area contributed by atoms with Crippen LogP contribution in [0.4, 0.5) is 5.82 Å². The molecule has 9 heteroatoms. The first-order valence-corrected chi connectivity index (χ1v) is 15.5. The first-order chi connectivity index (χ1) is 17.4. The van der Waals surface area contributed by atoms with Gasteiger partial charge in [-0.15, -0.1) is 0 Å². The average molecular weight is 542 g/mol. The summed E-state index contributed by atoms with van der Waals surface area (Å²) in [6.45, 7) is 9.88. The predicted octanol–water partition coefficient (Wildman–Crippen LogP) is 4.93. The van der Waals surface area contributed by atoms with Crippen molar-refractivity contribution >= 4 is 25.9 Å². The van der Waals surface area contributed by atoms with Crippen molar-refractivity contribution in [2.45, 2.75) is 69.7 Å². The summed E-state index contributed by atoms with van der Waals surface area (Å²) in [5.41, 5.74) is 4.16. The Bertz CT molecular complexity index is 1470. The zero-order valence-corrected chi connectivity index (χ0v) is 23.7. The number of piperidine rings is 1. The number of nitrogens with zero attached hydrogens (tertiary/aromatic N) is 3. The summed E-state index contributed by atoms with van der Waals surface area (Å²) in [6.07, 6.45) is 1.57. The highest BCUT2D eigenvalue weighted by molar-refractivity contribution is 7.93.